The van der Waals surface area contributed by atoms with Crippen LogP contribution in [0.15, 0.2) is 30.3 Å². The number of fused-ring (bicyclic) bond motifs is 1. The van der Waals surface area contributed by atoms with E-state index in [4.69, 9.17) is 23.2 Å². The molecule has 1 aliphatic heterocycles. The Morgan fingerprint density at radius 1 is 0.978 bits per heavy atom. The van der Waals surface area contributed by atoms with Gasteiger partial charge in [-0.05, 0) is 38.2 Å². The summed E-state index contributed by atoms with van der Waals surface area (Å²) in [6.45, 7) is 13.2. The number of hydrogen-bond acceptors (Lipinski definition) is 6. The summed E-state index contributed by atoms with van der Waals surface area (Å²) in [6, 6.07) is 6.83. The van der Waals surface area contributed by atoms with Crippen molar-refractivity contribution in [2.45, 2.75) is 109 Å². The minimum Gasteiger partial charge on any atom is -0.352 e. The number of ketones is 3. The van der Waals surface area contributed by atoms with Gasteiger partial charge < -0.3 is 20.9 Å². The lowest BCUT2D eigenvalue weighted by atomic mass is 9.84. The molecule has 46 heavy (non-hydrogen) atoms. The molecule has 0 bridgehead atoms. The molecule has 254 valence electrons. The molecule has 10 nitrogen and oxygen atoms in total. The number of carbonyl (C=O) groups excluding carboxylic acids is 6. The second-order valence-corrected chi connectivity index (χ2v) is 16.0. The highest BCUT2D eigenvalue weighted by molar-refractivity contribution is 6.51. The number of nitrogens with zero attached hydrogens (tertiary/aromatic N) is 1. The molecular formula is C34H48Cl2N4O6. The molecule has 0 radical (unpaired) electrons. The first-order valence-electron chi connectivity index (χ1n) is 15.9. The molecule has 0 aromatic heterocycles. The molecule has 4 amide bonds. The van der Waals surface area contributed by atoms with Crippen LogP contribution < -0.4 is 16.0 Å². The Kier molecular flexibility index (Phi) is 12.1. The zero-order valence-electron chi connectivity index (χ0n) is 27.9. The normalized spacial score (nSPS) is 21.4. The number of hydrogen-bond donors (Lipinski definition) is 3. The fraction of sp³-hybridized carbons (Fsp3) is 0.647. The van der Waals surface area contributed by atoms with E-state index >= 15 is 0 Å². The van der Waals surface area contributed by atoms with E-state index in [1.165, 1.54) is 4.90 Å². The number of halogens is 2. The largest absolute Gasteiger partial charge is 0.352 e. The van der Waals surface area contributed by atoms with Crippen LogP contribution in [-0.2, 0) is 30.5 Å². The number of urea groups is 1. The smallest absolute Gasteiger partial charge is 0.315 e. The molecule has 1 aromatic carbocycles. The van der Waals surface area contributed by atoms with Gasteiger partial charge in [0.1, 0.15) is 10.4 Å². The van der Waals surface area contributed by atoms with Gasteiger partial charge in [0, 0.05) is 55.6 Å². The van der Waals surface area contributed by atoms with E-state index in [0.29, 0.717) is 13.0 Å². The highest BCUT2D eigenvalue weighted by Crippen LogP contribution is 2.65. The van der Waals surface area contributed by atoms with Crippen LogP contribution >= 0.6 is 23.2 Å². The van der Waals surface area contributed by atoms with Crippen LogP contribution in [0.1, 0.15) is 86.1 Å². The van der Waals surface area contributed by atoms with Gasteiger partial charge in [0.2, 0.25) is 17.6 Å². The van der Waals surface area contributed by atoms with Crippen LogP contribution in [0.2, 0.25) is 0 Å². The van der Waals surface area contributed by atoms with Crippen molar-refractivity contribution in [2.75, 3.05) is 6.54 Å². The van der Waals surface area contributed by atoms with E-state index in [1.54, 1.807) is 0 Å². The molecule has 0 spiro atoms. The number of nitrogens with one attached hydrogen (secondary N) is 3. The summed E-state index contributed by atoms with van der Waals surface area (Å²) in [5.74, 6) is -4.39. The Morgan fingerprint density at radius 3 is 2.17 bits per heavy atom. The maximum absolute atomic E-state index is 14.0. The van der Waals surface area contributed by atoms with Crippen molar-refractivity contribution >= 4 is 58.4 Å². The molecule has 3 rings (SSSR count). The van der Waals surface area contributed by atoms with E-state index in [9.17, 15) is 28.8 Å². The third-order valence-electron chi connectivity index (χ3n) is 8.46. The van der Waals surface area contributed by atoms with Gasteiger partial charge in [0.15, 0.2) is 11.6 Å². The minimum atomic E-state index is -1.20. The number of carbonyl (C=O) groups is 6. The van der Waals surface area contributed by atoms with Gasteiger partial charge in [-0.15, -0.1) is 23.2 Å². The van der Waals surface area contributed by atoms with Crippen LogP contribution in [0.5, 0.6) is 0 Å². The lowest BCUT2D eigenvalue weighted by molar-refractivity contribution is -0.144. The average molecular weight is 680 g/mol. The zero-order valence-corrected chi connectivity index (χ0v) is 29.4. The minimum absolute atomic E-state index is 0.130. The SMILES string of the molecule is CCCC(CC(=O)[C@@H]1[C@@H]2[C@H](CN1C(=O)[C@@H](NC(=O)NC(C)(C)C)C(C)(C)C)C2(Cl)Cl)C(=O)C(=O)CCC(=O)NCc1ccccc1. The first-order chi connectivity index (χ1) is 21.3. The van der Waals surface area contributed by atoms with Crippen molar-refractivity contribution in [3.63, 3.8) is 0 Å². The summed E-state index contributed by atoms with van der Waals surface area (Å²) < 4.78 is -1.20. The number of benzene rings is 1. The maximum Gasteiger partial charge on any atom is 0.315 e. The van der Waals surface area contributed by atoms with E-state index in [-0.39, 0.29) is 44.1 Å². The Morgan fingerprint density at radius 2 is 1.61 bits per heavy atom. The number of alkyl halides is 2. The van der Waals surface area contributed by atoms with Crippen LogP contribution in [-0.4, -0.2) is 68.6 Å². The summed E-state index contributed by atoms with van der Waals surface area (Å²) >= 11 is 13.1. The van der Waals surface area contributed by atoms with Crippen LogP contribution in [0.25, 0.3) is 0 Å². The Labute approximate surface area is 282 Å². The predicted molar refractivity (Wildman–Crippen MR) is 177 cm³/mol. The van der Waals surface area contributed by atoms with Gasteiger partial charge in [-0.3, -0.25) is 24.0 Å². The summed E-state index contributed by atoms with van der Waals surface area (Å²) in [5, 5.41) is 8.33. The van der Waals surface area contributed by atoms with Crippen molar-refractivity contribution in [1.82, 2.24) is 20.9 Å². The number of piperidine rings is 1. The van der Waals surface area contributed by atoms with Crippen LogP contribution in [0.4, 0.5) is 4.79 Å². The predicted octanol–water partition coefficient (Wildman–Crippen LogP) is 4.74. The van der Waals surface area contributed by atoms with E-state index in [1.807, 2.05) is 78.8 Å². The molecule has 1 heterocycles. The second-order valence-electron chi connectivity index (χ2n) is 14.6. The average Bonchev–Trinajstić information content (AvgIpc) is 3.27. The number of Topliss-reactive ketones (excluding diaryl/α,β-unsaturated/α-hetero) is 3. The molecule has 1 saturated heterocycles. The summed E-state index contributed by atoms with van der Waals surface area (Å²) in [4.78, 5) is 80.7. The van der Waals surface area contributed by atoms with Crippen LogP contribution in [0.3, 0.4) is 0 Å². The van der Waals surface area contributed by atoms with Crippen molar-refractivity contribution in [2.24, 2.45) is 23.2 Å². The molecule has 1 saturated carbocycles. The van der Waals surface area contributed by atoms with Gasteiger partial charge >= 0.3 is 6.03 Å². The monoisotopic (exact) mass is 678 g/mol. The van der Waals surface area contributed by atoms with Gasteiger partial charge in [-0.25, -0.2) is 4.79 Å². The zero-order chi connectivity index (χ0) is 34.6. The quantitative estimate of drug-likeness (QED) is 0.192. The number of likely N-dealkylation sites (tertiary alicyclic amines) is 1. The highest BCUT2D eigenvalue weighted by Gasteiger charge is 2.73. The molecule has 1 aliphatic carbocycles. The van der Waals surface area contributed by atoms with Crippen molar-refractivity contribution in [3.8, 4) is 0 Å². The Balaban J connectivity index is 1.70. The first kappa shape index (κ1) is 37.5. The summed E-state index contributed by atoms with van der Waals surface area (Å²) in [6.07, 6.45) is 0.149. The summed E-state index contributed by atoms with van der Waals surface area (Å²) in [7, 11) is 0. The lowest BCUT2D eigenvalue weighted by Gasteiger charge is -2.38. The molecule has 3 N–H and O–H groups in total. The fourth-order valence-corrected chi connectivity index (χ4v) is 6.85. The third kappa shape index (κ3) is 9.53. The van der Waals surface area contributed by atoms with Crippen LogP contribution in [0, 0.1) is 23.2 Å². The van der Waals surface area contributed by atoms with Gasteiger partial charge in [0.25, 0.3) is 0 Å². The van der Waals surface area contributed by atoms with E-state index in [0.717, 1.165) is 5.56 Å². The lowest BCUT2D eigenvalue weighted by Crippen LogP contribution is -2.60. The molecule has 5 atom stereocenters. The van der Waals surface area contributed by atoms with Crippen molar-refractivity contribution < 1.29 is 28.8 Å². The molecule has 12 heteroatoms. The molecular weight excluding hydrogens is 631 g/mol. The molecule has 2 aliphatic rings. The van der Waals surface area contributed by atoms with Gasteiger partial charge in [-0.2, -0.15) is 0 Å². The van der Waals surface area contributed by atoms with Gasteiger partial charge in [-0.1, -0.05) is 64.4 Å². The van der Waals surface area contributed by atoms with Crippen molar-refractivity contribution in [1.29, 1.82) is 0 Å². The Bertz CT molecular complexity index is 1320. The van der Waals surface area contributed by atoms with E-state index in [2.05, 4.69) is 16.0 Å². The van der Waals surface area contributed by atoms with E-state index < -0.39 is 68.5 Å². The van der Waals surface area contributed by atoms with Crippen molar-refractivity contribution in [3.05, 3.63) is 35.9 Å². The molecule has 1 unspecified atom stereocenters. The first-order valence-corrected chi connectivity index (χ1v) is 16.7. The number of rotatable bonds is 14. The summed E-state index contributed by atoms with van der Waals surface area (Å²) in [5.41, 5.74) is -0.329. The Hall–Kier alpha value is -2.98. The number of amides is 4. The second kappa shape index (κ2) is 14.8. The molecule has 1 aromatic rings. The van der Waals surface area contributed by atoms with Gasteiger partial charge in [0.05, 0.1) is 6.04 Å². The third-order valence-corrected chi connectivity index (χ3v) is 9.53. The standard InChI is InChI=1S/C34H48Cl2N4O6/c1-8-12-21(28(44)23(41)15-16-25(43)37-18-20-13-10-9-11-14-20)17-24(42)27-26-22(34(26,35)36)19-40(27)30(45)29(32(2,3)4)38-31(46)39-33(5,6)7/h9-11,13-14,21-22,26-27,29H,8,12,15-19H2,1-7H3,(H,37,43)(H2,38,39,46)/t21?,22-,26-,27+,29+/m0/s1. The topological polar surface area (TPSA) is 142 Å². The molecule has 2 fully saturated rings. The highest BCUT2D eigenvalue weighted by atomic mass is 35.5. The fourth-order valence-electron chi connectivity index (χ4n) is 6.03. The maximum atomic E-state index is 14.0.